The van der Waals surface area contributed by atoms with E-state index in [1.807, 2.05) is 43.3 Å². The lowest BCUT2D eigenvalue weighted by Crippen LogP contribution is -2.04. The molecule has 0 N–H and O–H groups in total. The summed E-state index contributed by atoms with van der Waals surface area (Å²) in [6, 6.07) is 14.0. The van der Waals surface area contributed by atoms with Gasteiger partial charge in [-0.05, 0) is 36.4 Å². The second-order valence-electron chi connectivity index (χ2n) is 5.34. The summed E-state index contributed by atoms with van der Waals surface area (Å²) in [7, 11) is 5.44. The number of aryl methyl sites for hydroxylation is 1. The predicted octanol–water partition coefficient (Wildman–Crippen LogP) is 4.52. The van der Waals surface area contributed by atoms with Gasteiger partial charge in [-0.2, -0.15) is 0 Å². The molecule has 2 atom stereocenters. The Labute approximate surface area is 134 Å². The monoisotopic (exact) mass is 328 g/mol. The minimum atomic E-state index is -0.281. The standard InChI is InChI=1S/C18H18O2P2/c1-11-2-4-12(5-3-11)15-8-13-6-7-14(9-21)16(10-22)17(13)20-18(15)19/h2-8H,9-10,21-22H2,1H3. The molecule has 0 bridgehead atoms. The maximum absolute atomic E-state index is 12.4. The zero-order valence-electron chi connectivity index (χ0n) is 12.4. The first-order valence-electron chi connectivity index (χ1n) is 7.20. The Bertz CT molecular complexity index is 880. The summed E-state index contributed by atoms with van der Waals surface area (Å²) in [6.45, 7) is 2.03. The van der Waals surface area contributed by atoms with Gasteiger partial charge in [0.2, 0.25) is 0 Å². The van der Waals surface area contributed by atoms with Gasteiger partial charge in [-0.25, -0.2) is 4.79 Å². The van der Waals surface area contributed by atoms with E-state index in [1.54, 1.807) is 0 Å². The van der Waals surface area contributed by atoms with Crippen LogP contribution in [0.15, 0.2) is 51.7 Å². The Kier molecular flexibility index (Phi) is 4.43. The molecule has 0 fully saturated rings. The van der Waals surface area contributed by atoms with Crippen LogP contribution in [0, 0.1) is 6.92 Å². The molecular formula is C18H18O2P2. The van der Waals surface area contributed by atoms with Crippen LogP contribution in [-0.2, 0) is 12.3 Å². The van der Waals surface area contributed by atoms with Gasteiger partial charge in [0.25, 0.3) is 0 Å². The Morgan fingerprint density at radius 2 is 1.73 bits per heavy atom. The Morgan fingerprint density at radius 1 is 1.00 bits per heavy atom. The van der Waals surface area contributed by atoms with Gasteiger partial charge in [-0.1, -0.05) is 42.0 Å². The van der Waals surface area contributed by atoms with Crippen LogP contribution in [0.3, 0.4) is 0 Å². The first kappa shape index (κ1) is 15.4. The highest BCUT2D eigenvalue weighted by Crippen LogP contribution is 2.28. The van der Waals surface area contributed by atoms with E-state index in [0.717, 1.165) is 28.8 Å². The normalized spacial score (nSPS) is 11.0. The van der Waals surface area contributed by atoms with Crippen molar-refractivity contribution in [1.82, 2.24) is 0 Å². The first-order chi connectivity index (χ1) is 10.6. The third kappa shape index (κ3) is 2.74. The van der Waals surface area contributed by atoms with Crippen molar-refractivity contribution in [2.75, 3.05) is 0 Å². The molecule has 0 aliphatic carbocycles. The molecule has 3 aromatic rings. The van der Waals surface area contributed by atoms with Gasteiger partial charge in [0.05, 0.1) is 5.56 Å². The Hall–Kier alpha value is -1.49. The molecule has 2 nitrogen and oxygen atoms in total. The molecule has 0 aliphatic heterocycles. The van der Waals surface area contributed by atoms with E-state index in [1.165, 1.54) is 11.1 Å². The highest BCUT2D eigenvalue weighted by Gasteiger charge is 2.12. The maximum Gasteiger partial charge on any atom is 0.344 e. The molecule has 2 unspecified atom stereocenters. The van der Waals surface area contributed by atoms with Crippen molar-refractivity contribution in [2.24, 2.45) is 0 Å². The van der Waals surface area contributed by atoms with Crippen molar-refractivity contribution in [3.63, 3.8) is 0 Å². The van der Waals surface area contributed by atoms with Crippen molar-refractivity contribution in [3.8, 4) is 11.1 Å². The highest BCUT2D eigenvalue weighted by atomic mass is 31.0. The van der Waals surface area contributed by atoms with Crippen LogP contribution in [0.25, 0.3) is 22.1 Å². The van der Waals surface area contributed by atoms with Gasteiger partial charge in [-0.15, -0.1) is 18.5 Å². The van der Waals surface area contributed by atoms with E-state index in [4.69, 9.17) is 4.42 Å². The molecule has 3 rings (SSSR count). The van der Waals surface area contributed by atoms with Crippen LogP contribution in [0.1, 0.15) is 16.7 Å². The van der Waals surface area contributed by atoms with Crippen molar-refractivity contribution < 1.29 is 4.42 Å². The lowest BCUT2D eigenvalue weighted by atomic mass is 10.0. The molecule has 1 aromatic heterocycles. The van der Waals surface area contributed by atoms with E-state index in [9.17, 15) is 4.79 Å². The van der Waals surface area contributed by atoms with Crippen LogP contribution in [0.5, 0.6) is 0 Å². The molecule has 0 aliphatic rings. The van der Waals surface area contributed by atoms with Crippen molar-refractivity contribution in [1.29, 1.82) is 0 Å². The lowest BCUT2D eigenvalue weighted by Gasteiger charge is -2.10. The van der Waals surface area contributed by atoms with Gasteiger partial charge in [-0.3, -0.25) is 0 Å². The molecule has 1 heterocycles. The van der Waals surface area contributed by atoms with Gasteiger partial charge in [0.15, 0.2) is 0 Å². The minimum absolute atomic E-state index is 0.281. The van der Waals surface area contributed by atoms with Crippen molar-refractivity contribution in [2.45, 2.75) is 19.2 Å². The highest BCUT2D eigenvalue weighted by molar-refractivity contribution is 7.16. The van der Waals surface area contributed by atoms with Crippen LogP contribution in [-0.4, -0.2) is 0 Å². The number of hydrogen-bond donors (Lipinski definition) is 0. The van der Waals surface area contributed by atoms with Gasteiger partial charge in [0, 0.05) is 10.9 Å². The number of hydrogen-bond acceptors (Lipinski definition) is 2. The Morgan fingerprint density at radius 3 is 2.36 bits per heavy atom. The van der Waals surface area contributed by atoms with Crippen molar-refractivity contribution >= 4 is 29.4 Å². The largest absolute Gasteiger partial charge is 0.422 e. The Balaban J connectivity index is 2.25. The van der Waals surface area contributed by atoms with E-state index in [-0.39, 0.29) is 5.63 Å². The molecule has 2 aromatic carbocycles. The fourth-order valence-corrected chi connectivity index (χ4v) is 3.46. The minimum Gasteiger partial charge on any atom is -0.422 e. The number of fused-ring (bicyclic) bond motifs is 1. The number of benzene rings is 2. The molecule has 0 saturated heterocycles. The summed E-state index contributed by atoms with van der Waals surface area (Å²) < 4.78 is 5.66. The van der Waals surface area contributed by atoms with E-state index >= 15 is 0 Å². The summed E-state index contributed by atoms with van der Waals surface area (Å²) in [5.74, 6) is 0. The molecule has 0 amide bonds. The molecule has 0 spiro atoms. The first-order valence-corrected chi connectivity index (χ1v) is 8.83. The van der Waals surface area contributed by atoms with Crippen LogP contribution in [0.4, 0.5) is 0 Å². The summed E-state index contributed by atoms with van der Waals surface area (Å²) in [5.41, 5.74) is 5.38. The topological polar surface area (TPSA) is 30.2 Å². The van der Waals surface area contributed by atoms with Gasteiger partial charge in [0.1, 0.15) is 5.58 Å². The van der Waals surface area contributed by atoms with E-state index in [0.29, 0.717) is 11.1 Å². The van der Waals surface area contributed by atoms with E-state index in [2.05, 4.69) is 24.5 Å². The maximum atomic E-state index is 12.4. The lowest BCUT2D eigenvalue weighted by molar-refractivity contribution is 0.560. The zero-order valence-corrected chi connectivity index (χ0v) is 14.7. The quantitative estimate of drug-likeness (QED) is 0.523. The molecule has 0 radical (unpaired) electrons. The molecule has 22 heavy (non-hydrogen) atoms. The summed E-state index contributed by atoms with van der Waals surface area (Å²) in [5, 5.41) is 0.967. The average Bonchev–Trinajstić information content (AvgIpc) is 2.54. The second-order valence-corrected chi connectivity index (χ2v) is 6.16. The van der Waals surface area contributed by atoms with Crippen LogP contribution < -0.4 is 5.63 Å². The van der Waals surface area contributed by atoms with Gasteiger partial charge >= 0.3 is 5.63 Å². The summed E-state index contributed by atoms with van der Waals surface area (Å²) >= 11 is 0. The van der Waals surface area contributed by atoms with Crippen LogP contribution >= 0.6 is 18.5 Å². The average molecular weight is 328 g/mol. The second kappa shape index (κ2) is 6.32. The number of rotatable bonds is 3. The molecule has 4 heteroatoms. The molecule has 0 saturated carbocycles. The fourth-order valence-electron chi connectivity index (χ4n) is 2.63. The van der Waals surface area contributed by atoms with Crippen LogP contribution in [0.2, 0.25) is 0 Å². The SMILES string of the molecule is Cc1ccc(-c2cc3ccc(CP)c(CP)c3oc2=O)cc1. The third-order valence-electron chi connectivity index (χ3n) is 3.89. The molecule has 112 valence electrons. The third-order valence-corrected chi connectivity index (χ3v) is 4.74. The van der Waals surface area contributed by atoms with Gasteiger partial charge < -0.3 is 4.42 Å². The molecular weight excluding hydrogens is 310 g/mol. The predicted molar refractivity (Wildman–Crippen MR) is 99.5 cm³/mol. The fraction of sp³-hybridized carbons (Fsp3) is 0.167. The smallest absolute Gasteiger partial charge is 0.344 e. The van der Waals surface area contributed by atoms with Crippen molar-refractivity contribution in [3.05, 3.63) is 69.6 Å². The summed E-state index contributed by atoms with van der Waals surface area (Å²) in [6.07, 6.45) is 1.62. The summed E-state index contributed by atoms with van der Waals surface area (Å²) in [4.78, 5) is 12.4. The zero-order chi connectivity index (χ0) is 15.7. The van der Waals surface area contributed by atoms with E-state index < -0.39 is 0 Å².